The van der Waals surface area contributed by atoms with E-state index in [0.29, 0.717) is 16.6 Å². The van der Waals surface area contributed by atoms with Crippen molar-refractivity contribution in [1.82, 2.24) is 0 Å². The summed E-state index contributed by atoms with van der Waals surface area (Å²) >= 11 is 7.33. The molecule has 1 N–H and O–H groups in total. The summed E-state index contributed by atoms with van der Waals surface area (Å²) in [6.45, 7) is 4.70. The number of thioether (sulfide) groups is 1. The summed E-state index contributed by atoms with van der Waals surface area (Å²) in [5.41, 5.74) is 2.61. The number of benzene rings is 2. The maximum Gasteiger partial charge on any atom is 0.271 e. The van der Waals surface area contributed by atoms with Gasteiger partial charge in [-0.15, -0.1) is 0 Å². The summed E-state index contributed by atoms with van der Waals surface area (Å²) in [7, 11) is 0. The van der Waals surface area contributed by atoms with Gasteiger partial charge in [0.15, 0.2) is 5.17 Å². The summed E-state index contributed by atoms with van der Waals surface area (Å²) in [6.07, 6.45) is 2.69. The monoisotopic (exact) mass is 386 g/mol. The van der Waals surface area contributed by atoms with Gasteiger partial charge in [0.25, 0.3) is 5.91 Å². The van der Waals surface area contributed by atoms with Crippen LogP contribution in [-0.2, 0) is 4.79 Å². The molecule has 1 heterocycles. The van der Waals surface area contributed by atoms with Crippen molar-refractivity contribution in [3.05, 3.63) is 63.5 Å². The number of hydrogen-bond acceptors (Lipinski definition) is 4. The lowest BCUT2D eigenvalue weighted by Crippen LogP contribution is -2.29. The number of phenols is 1. The Morgan fingerprint density at radius 3 is 2.73 bits per heavy atom. The first-order chi connectivity index (χ1) is 12.5. The van der Waals surface area contributed by atoms with Crippen LogP contribution in [-0.4, -0.2) is 22.7 Å². The average Bonchev–Trinajstić information content (AvgIpc) is 2.92. The number of anilines is 1. The quantitative estimate of drug-likeness (QED) is 0.731. The molecule has 0 radical (unpaired) electrons. The third-order valence-corrected chi connectivity index (χ3v) is 5.21. The molecule has 3 rings (SSSR count). The molecule has 1 aliphatic heterocycles. The van der Waals surface area contributed by atoms with Crippen LogP contribution in [0.15, 0.2) is 52.4 Å². The first-order valence-corrected chi connectivity index (χ1v) is 9.53. The Morgan fingerprint density at radius 1 is 1.27 bits per heavy atom. The Hall–Kier alpha value is -2.24. The highest BCUT2D eigenvalue weighted by Crippen LogP contribution is 2.37. The van der Waals surface area contributed by atoms with E-state index in [9.17, 15) is 9.90 Å². The predicted molar refractivity (Wildman–Crippen MR) is 110 cm³/mol. The lowest BCUT2D eigenvalue weighted by atomic mass is 10.1. The highest BCUT2D eigenvalue weighted by atomic mass is 35.5. The van der Waals surface area contributed by atoms with Gasteiger partial charge >= 0.3 is 0 Å². The van der Waals surface area contributed by atoms with E-state index in [1.807, 2.05) is 31.2 Å². The number of hydrogen-bond donors (Lipinski definition) is 1. The van der Waals surface area contributed by atoms with E-state index in [4.69, 9.17) is 11.6 Å². The van der Waals surface area contributed by atoms with Gasteiger partial charge in [-0.2, -0.15) is 0 Å². The highest BCUT2D eigenvalue weighted by Gasteiger charge is 2.35. The number of aryl methyl sites for hydroxylation is 1. The van der Waals surface area contributed by atoms with Crippen LogP contribution in [0, 0.1) is 6.92 Å². The molecular formula is C20H19ClN2O2S. The molecule has 0 saturated carbocycles. The number of nitrogens with zero attached hydrogens (tertiary/aromatic N) is 2. The van der Waals surface area contributed by atoms with E-state index in [1.165, 1.54) is 17.8 Å². The maximum atomic E-state index is 13.1. The van der Waals surface area contributed by atoms with Crippen LogP contribution < -0.4 is 4.90 Å². The number of amidine groups is 1. The standard InChI is InChI=1S/C20H19ClN2O2S/c1-3-10-22-20-23(16-7-5-4-6-13(16)2)19(25)18(26-20)12-14-8-9-17(24)15(21)11-14/h4-9,11-12,24H,3,10H2,1-2H3/b18-12?,22-20-. The number of rotatable bonds is 4. The third-order valence-electron chi connectivity index (χ3n) is 3.90. The van der Waals surface area contributed by atoms with Gasteiger partial charge in [-0.3, -0.25) is 14.7 Å². The molecule has 0 spiro atoms. The second kappa shape index (κ2) is 7.98. The second-order valence-electron chi connectivity index (χ2n) is 5.91. The van der Waals surface area contributed by atoms with Gasteiger partial charge < -0.3 is 5.11 Å². The summed E-state index contributed by atoms with van der Waals surface area (Å²) in [5, 5.41) is 10.5. The van der Waals surface area contributed by atoms with Crippen molar-refractivity contribution in [1.29, 1.82) is 0 Å². The van der Waals surface area contributed by atoms with Crippen LogP contribution in [0.5, 0.6) is 5.75 Å². The molecule has 0 atom stereocenters. The second-order valence-corrected chi connectivity index (χ2v) is 7.33. The highest BCUT2D eigenvalue weighted by molar-refractivity contribution is 8.19. The van der Waals surface area contributed by atoms with Gasteiger partial charge in [0.2, 0.25) is 0 Å². The molecule has 0 bridgehead atoms. The van der Waals surface area contributed by atoms with Crippen LogP contribution in [0.1, 0.15) is 24.5 Å². The van der Waals surface area contributed by atoms with Crippen LogP contribution in [0.2, 0.25) is 5.02 Å². The van der Waals surface area contributed by atoms with Gasteiger partial charge in [-0.25, -0.2) is 0 Å². The minimum Gasteiger partial charge on any atom is -0.506 e. The van der Waals surface area contributed by atoms with Crippen LogP contribution in [0.4, 0.5) is 5.69 Å². The third kappa shape index (κ3) is 3.79. The summed E-state index contributed by atoms with van der Waals surface area (Å²) in [6, 6.07) is 12.6. The molecule has 0 aliphatic carbocycles. The summed E-state index contributed by atoms with van der Waals surface area (Å²) < 4.78 is 0. The van der Waals surface area contributed by atoms with E-state index < -0.39 is 0 Å². The van der Waals surface area contributed by atoms with Crippen molar-refractivity contribution in [2.75, 3.05) is 11.4 Å². The van der Waals surface area contributed by atoms with E-state index in [-0.39, 0.29) is 16.7 Å². The number of aromatic hydroxyl groups is 1. The van der Waals surface area contributed by atoms with E-state index in [1.54, 1.807) is 23.1 Å². The number of aliphatic imine (C=N–C) groups is 1. The van der Waals surface area contributed by atoms with Crippen LogP contribution in [0.3, 0.4) is 0 Å². The maximum absolute atomic E-state index is 13.1. The van der Waals surface area contributed by atoms with Crippen LogP contribution >= 0.6 is 23.4 Å². The molecule has 1 amide bonds. The largest absolute Gasteiger partial charge is 0.506 e. The van der Waals surface area contributed by atoms with Gasteiger partial charge in [0.05, 0.1) is 15.6 Å². The number of carbonyl (C=O) groups excluding carboxylic acids is 1. The van der Waals surface area contributed by atoms with E-state index in [2.05, 4.69) is 11.9 Å². The Kier molecular flexibility index (Phi) is 5.69. The fraction of sp³-hybridized carbons (Fsp3) is 0.200. The van der Waals surface area contributed by atoms with Crippen molar-refractivity contribution < 1.29 is 9.90 Å². The SMILES string of the molecule is CCC/N=C1\SC(=Cc2ccc(O)c(Cl)c2)C(=O)N1c1ccccc1C. The Bertz CT molecular complexity index is 908. The lowest BCUT2D eigenvalue weighted by Gasteiger charge is -2.17. The number of para-hydroxylation sites is 1. The molecule has 1 fully saturated rings. The molecule has 26 heavy (non-hydrogen) atoms. The van der Waals surface area contributed by atoms with Gasteiger partial charge in [-0.05, 0) is 60.5 Å². The normalized spacial score (nSPS) is 17.5. The van der Waals surface area contributed by atoms with E-state index in [0.717, 1.165) is 23.2 Å². The minimum atomic E-state index is -0.108. The molecule has 134 valence electrons. The molecule has 6 heteroatoms. The molecule has 2 aromatic carbocycles. The summed E-state index contributed by atoms with van der Waals surface area (Å²) in [4.78, 5) is 19.9. The molecule has 1 aliphatic rings. The Morgan fingerprint density at radius 2 is 2.04 bits per heavy atom. The predicted octanol–water partition coefficient (Wildman–Crippen LogP) is 5.24. The fourth-order valence-corrected chi connectivity index (χ4v) is 3.77. The van der Waals surface area contributed by atoms with Gasteiger partial charge in [-0.1, -0.05) is 42.8 Å². The zero-order valence-corrected chi connectivity index (χ0v) is 16.1. The molecule has 4 nitrogen and oxygen atoms in total. The number of amides is 1. The van der Waals surface area contributed by atoms with Gasteiger partial charge in [0.1, 0.15) is 5.75 Å². The fourth-order valence-electron chi connectivity index (χ4n) is 2.58. The molecule has 0 aromatic heterocycles. The number of halogens is 1. The van der Waals surface area contributed by atoms with E-state index >= 15 is 0 Å². The zero-order valence-electron chi connectivity index (χ0n) is 14.6. The first kappa shape index (κ1) is 18.5. The van der Waals surface area contributed by atoms with Crippen molar-refractivity contribution in [3.8, 4) is 5.75 Å². The van der Waals surface area contributed by atoms with Gasteiger partial charge in [0, 0.05) is 6.54 Å². The minimum absolute atomic E-state index is 0.0194. The average molecular weight is 387 g/mol. The summed E-state index contributed by atoms with van der Waals surface area (Å²) in [5.74, 6) is -0.0886. The van der Waals surface area contributed by atoms with Crippen molar-refractivity contribution >= 4 is 46.2 Å². The van der Waals surface area contributed by atoms with Crippen molar-refractivity contribution in [2.45, 2.75) is 20.3 Å². The molecule has 0 unspecified atom stereocenters. The zero-order chi connectivity index (χ0) is 18.7. The Labute approximate surface area is 162 Å². The molecule has 1 saturated heterocycles. The smallest absolute Gasteiger partial charge is 0.271 e. The number of phenolic OH excluding ortho intramolecular Hbond substituents is 1. The molecule has 2 aromatic rings. The van der Waals surface area contributed by atoms with Crippen LogP contribution in [0.25, 0.3) is 6.08 Å². The first-order valence-electron chi connectivity index (χ1n) is 8.34. The van der Waals surface area contributed by atoms with Crippen molar-refractivity contribution in [3.63, 3.8) is 0 Å². The lowest BCUT2D eigenvalue weighted by molar-refractivity contribution is -0.113. The topological polar surface area (TPSA) is 52.9 Å². The molecular weight excluding hydrogens is 368 g/mol. The van der Waals surface area contributed by atoms with Crippen molar-refractivity contribution in [2.24, 2.45) is 4.99 Å². The Balaban J connectivity index is 2.02. The number of carbonyl (C=O) groups is 1.